The molecule has 0 bridgehead atoms. The minimum absolute atomic E-state index is 0.0472. The van der Waals surface area contributed by atoms with E-state index in [0.29, 0.717) is 12.8 Å². The summed E-state index contributed by atoms with van der Waals surface area (Å²) < 4.78 is 26.9. The molecule has 0 rings (SSSR count). The largest absolute Gasteiger partial charge is 0.472 e. The van der Waals surface area contributed by atoms with Crippen molar-refractivity contribution in [1.82, 2.24) is 5.32 Å². The molecule has 0 fully saturated rings. The lowest BCUT2D eigenvalue weighted by Crippen LogP contribution is -2.27. The maximum Gasteiger partial charge on any atom is 0.472 e. The molecule has 338 valence electrons. The number of carbonyl (C=O) groups is 2. The number of ether oxygens (including phenoxy) is 1. The van der Waals surface area contributed by atoms with Gasteiger partial charge in [-0.25, -0.2) is 4.57 Å². The zero-order valence-corrected chi connectivity index (χ0v) is 38.1. The number of aliphatic hydroxyl groups excluding tert-OH is 1. The fourth-order valence-corrected chi connectivity index (χ4v) is 6.55. The summed E-state index contributed by atoms with van der Waals surface area (Å²) >= 11 is 0. The third-order valence-corrected chi connectivity index (χ3v) is 10.3. The Morgan fingerprint density at radius 2 is 0.932 bits per heavy atom. The number of hydrogen-bond donors (Lipinski definition) is 3. The molecule has 0 spiro atoms. The molecule has 0 aliphatic rings. The average Bonchev–Trinajstić information content (AvgIpc) is 3.22. The summed E-state index contributed by atoms with van der Waals surface area (Å²) in [7, 11) is -4.44. The van der Waals surface area contributed by atoms with Gasteiger partial charge in [0, 0.05) is 19.4 Å². The Bertz CT molecular complexity index is 1240. The van der Waals surface area contributed by atoms with E-state index in [0.717, 1.165) is 70.6 Å². The van der Waals surface area contributed by atoms with Gasteiger partial charge in [-0.15, -0.1) is 0 Å². The summed E-state index contributed by atoms with van der Waals surface area (Å²) in [6.45, 7) is 3.41. The Morgan fingerprint density at radius 1 is 0.525 bits per heavy atom. The maximum absolute atomic E-state index is 12.1. The minimum atomic E-state index is -4.44. The van der Waals surface area contributed by atoms with E-state index in [2.05, 4.69) is 104 Å². The molecule has 0 aliphatic carbocycles. The maximum atomic E-state index is 12.1. The average molecular weight is 846 g/mol. The zero-order valence-electron chi connectivity index (χ0n) is 37.2. The zero-order chi connectivity index (χ0) is 43.2. The number of allylic oxidation sites excluding steroid dienone is 14. The predicted molar refractivity (Wildman–Crippen MR) is 247 cm³/mol. The van der Waals surface area contributed by atoms with E-state index in [4.69, 9.17) is 13.8 Å². The van der Waals surface area contributed by atoms with Crippen molar-refractivity contribution in [1.29, 1.82) is 0 Å². The molecule has 0 aromatic carbocycles. The van der Waals surface area contributed by atoms with E-state index in [1.807, 2.05) is 0 Å². The summed E-state index contributed by atoms with van der Waals surface area (Å²) in [6, 6.07) is 0. The van der Waals surface area contributed by atoms with Gasteiger partial charge in [0.1, 0.15) is 12.7 Å². The molecule has 9 nitrogen and oxygen atoms in total. The topological polar surface area (TPSA) is 131 Å². The predicted octanol–water partition coefficient (Wildman–Crippen LogP) is 13.2. The van der Waals surface area contributed by atoms with Crippen molar-refractivity contribution in [3.63, 3.8) is 0 Å². The number of unbranched alkanes of at least 4 members (excludes halogenated alkanes) is 15. The molecule has 0 aromatic rings. The quantitative estimate of drug-likeness (QED) is 0.0240. The molecular weight excluding hydrogens is 762 g/mol. The number of phosphoric acid groups is 1. The van der Waals surface area contributed by atoms with E-state index >= 15 is 0 Å². The molecule has 2 unspecified atom stereocenters. The molecule has 10 heteroatoms. The van der Waals surface area contributed by atoms with Crippen LogP contribution in [0, 0.1) is 0 Å². The standard InChI is InChI=1S/C49H84NO8P/c1-3-5-7-9-11-13-15-17-19-21-22-23-24-26-28-30-32-34-36-38-40-42-49(53)56-45-47(51)46-58-59(54,55)57-44-43-50-48(52)41-39-37-35-33-31-29-27-25-20-18-16-14-12-10-8-6-4-2/h11-14,17-20,22-23,27,29,33,35,47,51H,3-10,15-16,21,24-26,28,30-32,34,36-46H2,1-2H3,(H,50,52)(H,54,55)/b13-11-,14-12-,19-17-,20-18-,23-22-,29-27-,35-33-. The number of hydrogen-bond acceptors (Lipinski definition) is 7. The van der Waals surface area contributed by atoms with Gasteiger partial charge in [-0.1, -0.05) is 163 Å². The minimum Gasteiger partial charge on any atom is -0.463 e. The molecule has 59 heavy (non-hydrogen) atoms. The van der Waals surface area contributed by atoms with Crippen molar-refractivity contribution in [3.8, 4) is 0 Å². The summed E-state index contributed by atoms with van der Waals surface area (Å²) in [5.74, 6) is -0.586. The lowest BCUT2D eigenvalue weighted by Gasteiger charge is -2.15. The van der Waals surface area contributed by atoms with Crippen LogP contribution in [0.3, 0.4) is 0 Å². The fraction of sp³-hybridized carbons (Fsp3) is 0.673. The van der Waals surface area contributed by atoms with Crippen molar-refractivity contribution in [2.24, 2.45) is 0 Å². The lowest BCUT2D eigenvalue weighted by atomic mass is 10.1. The molecule has 2 atom stereocenters. The van der Waals surface area contributed by atoms with Gasteiger partial charge in [-0.3, -0.25) is 18.6 Å². The highest BCUT2D eigenvalue weighted by molar-refractivity contribution is 7.47. The van der Waals surface area contributed by atoms with Crippen LogP contribution < -0.4 is 5.32 Å². The monoisotopic (exact) mass is 846 g/mol. The Hall–Kier alpha value is -2.81. The number of amides is 1. The van der Waals surface area contributed by atoms with Crippen LogP contribution in [-0.2, 0) is 27.9 Å². The van der Waals surface area contributed by atoms with Gasteiger partial charge in [-0.2, -0.15) is 0 Å². The van der Waals surface area contributed by atoms with Crippen molar-refractivity contribution < 1.29 is 37.9 Å². The van der Waals surface area contributed by atoms with Gasteiger partial charge < -0.3 is 20.1 Å². The Labute approximate surface area is 360 Å². The van der Waals surface area contributed by atoms with Crippen LogP contribution in [0.5, 0.6) is 0 Å². The highest BCUT2D eigenvalue weighted by Gasteiger charge is 2.23. The van der Waals surface area contributed by atoms with Crippen LogP contribution in [0.1, 0.15) is 181 Å². The first-order valence-corrected chi connectivity index (χ1v) is 24.6. The second-order valence-corrected chi connectivity index (χ2v) is 16.5. The van der Waals surface area contributed by atoms with Gasteiger partial charge in [0.25, 0.3) is 0 Å². The van der Waals surface area contributed by atoms with Crippen LogP contribution in [-0.4, -0.2) is 54.3 Å². The van der Waals surface area contributed by atoms with Crippen molar-refractivity contribution in [3.05, 3.63) is 85.1 Å². The number of aliphatic hydroxyl groups is 1. The molecule has 0 saturated carbocycles. The first-order chi connectivity index (χ1) is 28.8. The lowest BCUT2D eigenvalue weighted by molar-refractivity contribution is -0.147. The summed E-state index contributed by atoms with van der Waals surface area (Å²) in [4.78, 5) is 33.9. The third-order valence-electron chi connectivity index (χ3n) is 9.30. The Balaban J connectivity index is 3.69. The van der Waals surface area contributed by atoms with Crippen molar-refractivity contribution in [2.45, 2.75) is 187 Å². The van der Waals surface area contributed by atoms with Gasteiger partial charge >= 0.3 is 13.8 Å². The molecule has 0 aliphatic heterocycles. The van der Waals surface area contributed by atoms with Crippen LogP contribution in [0.25, 0.3) is 0 Å². The Kier molecular flexibility index (Phi) is 42.6. The van der Waals surface area contributed by atoms with Crippen molar-refractivity contribution >= 4 is 19.7 Å². The number of nitrogens with one attached hydrogen (secondary N) is 1. The summed E-state index contributed by atoms with van der Waals surface area (Å²) in [5, 5.41) is 12.7. The molecule has 1 amide bonds. The number of carbonyl (C=O) groups excluding carboxylic acids is 2. The highest BCUT2D eigenvalue weighted by atomic mass is 31.2. The number of phosphoric ester groups is 1. The molecule has 0 radical (unpaired) electrons. The van der Waals surface area contributed by atoms with E-state index in [1.54, 1.807) is 0 Å². The van der Waals surface area contributed by atoms with E-state index in [9.17, 15) is 24.2 Å². The van der Waals surface area contributed by atoms with Crippen LogP contribution in [0.4, 0.5) is 0 Å². The van der Waals surface area contributed by atoms with Crippen LogP contribution >= 0.6 is 7.82 Å². The SMILES string of the molecule is CCCCC/C=C\C/C=C\C/C=C\C/C=C\CCCC(=O)NCCOP(=O)(O)OCC(O)COC(=O)CCCCCCCCCC/C=C\C/C=C\C/C=C\CCCCC. The van der Waals surface area contributed by atoms with Crippen LogP contribution in [0.2, 0.25) is 0 Å². The van der Waals surface area contributed by atoms with Gasteiger partial charge in [-0.05, 0) is 89.9 Å². The molecule has 0 heterocycles. The molecule has 3 N–H and O–H groups in total. The molecule has 0 saturated heterocycles. The number of esters is 1. The fourth-order valence-electron chi connectivity index (χ4n) is 5.79. The summed E-state index contributed by atoms with van der Waals surface area (Å²) in [6.07, 6.45) is 56.6. The molecular formula is C49H84NO8P. The van der Waals surface area contributed by atoms with E-state index in [-0.39, 0.29) is 32.1 Å². The van der Waals surface area contributed by atoms with Gasteiger partial charge in [0.2, 0.25) is 5.91 Å². The van der Waals surface area contributed by atoms with Gasteiger partial charge in [0.15, 0.2) is 0 Å². The third kappa shape index (κ3) is 46.1. The van der Waals surface area contributed by atoms with Crippen molar-refractivity contribution in [2.75, 3.05) is 26.4 Å². The van der Waals surface area contributed by atoms with E-state index < -0.39 is 26.5 Å². The first kappa shape index (κ1) is 56.2. The Morgan fingerprint density at radius 3 is 1.41 bits per heavy atom. The highest BCUT2D eigenvalue weighted by Crippen LogP contribution is 2.42. The molecule has 0 aromatic heterocycles. The van der Waals surface area contributed by atoms with Gasteiger partial charge in [0.05, 0.1) is 13.2 Å². The second-order valence-electron chi connectivity index (χ2n) is 15.0. The summed E-state index contributed by atoms with van der Waals surface area (Å²) in [5.41, 5.74) is 0. The first-order valence-electron chi connectivity index (χ1n) is 23.1. The smallest absolute Gasteiger partial charge is 0.463 e. The van der Waals surface area contributed by atoms with E-state index in [1.165, 1.54) is 77.0 Å². The second kappa shape index (κ2) is 44.7. The number of rotatable bonds is 42. The normalized spacial score (nSPS) is 14.0. The van der Waals surface area contributed by atoms with Crippen LogP contribution in [0.15, 0.2) is 85.1 Å².